The lowest BCUT2D eigenvalue weighted by Crippen LogP contribution is -2.20. The summed E-state index contributed by atoms with van der Waals surface area (Å²) in [4.78, 5) is 11.8. The van der Waals surface area contributed by atoms with Crippen LogP contribution < -0.4 is 9.47 Å². The number of aliphatic hydroxyl groups is 3. The summed E-state index contributed by atoms with van der Waals surface area (Å²) in [6, 6.07) is 11.8. The molecule has 0 saturated heterocycles. The van der Waals surface area contributed by atoms with Crippen molar-refractivity contribution in [1.29, 1.82) is 0 Å². The van der Waals surface area contributed by atoms with Crippen molar-refractivity contribution >= 4 is 5.97 Å². The fraction of sp³-hybridized carbons (Fsp3) is 0.528. The molecule has 3 N–H and O–H groups in total. The number of esters is 1. The summed E-state index contributed by atoms with van der Waals surface area (Å²) in [7, 11) is 0. The van der Waals surface area contributed by atoms with Crippen LogP contribution in [0.2, 0.25) is 0 Å². The van der Waals surface area contributed by atoms with Gasteiger partial charge in [-0.25, -0.2) is 4.79 Å². The molecule has 1 aliphatic rings. The van der Waals surface area contributed by atoms with Gasteiger partial charge >= 0.3 is 12.1 Å². The van der Waals surface area contributed by atoms with Crippen LogP contribution in [0.15, 0.2) is 60.7 Å². The maximum atomic E-state index is 12.5. The predicted octanol–water partition coefficient (Wildman–Crippen LogP) is 6.79. The van der Waals surface area contributed by atoms with Crippen LogP contribution in [0.3, 0.4) is 0 Å². The van der Waals surface area contributed by atoms with Gasteiger partial charge in [-0.15, -0.1) is 0 Å². The molecule has 11 heteroatoms. The fourth-order valence-corrected chi connectivity index (χ4v) is 5.68. The van der Waals surface area contributed by atoms with E-state index in [0.717, 1.165) is 48.8 Å². The van der Waals surface area contributed by atoms with E-state index < -0.39 is 38.1 Å². The molecule has 0 spiro atoms. The first-order valence-electron chi connectivity index (χ1n) is 16.0. The number of carbonyl (C=O) groups excluding carboxylic acids is 1. The number of ether oxygens (including phenoxy) is 4. The van der Waals surface area contributed by atoms with E-state index in [-0.39, 0.29) is 44.0 Å². The minimum atomic E-state index is -4.07. The minimum Gasteiger partial charge on any atom is -0.491 e. The molecule has 1 unspecified atom stereocenters. The number of aliphatic hydroxyl groups excluding tert-OH is 3. The Kier molecular flexibility index (Phi) is 15.3. The molecule has 1 aliphatic carbocycles. The van der Waals surface area contributed by atoms with Crippen LogP contribution in [-0.4, -0.2) is 73.4 Å². The Bertz CT molecular complexity index is 1320. The smallest absolute Gasteiger partial charge is 0.389 e. The van der Waals surface area contributed by atoms with Gasteiger partial charge in [0.05, 0.1) is 25.4 Å². The highest BCUT2D eigenvalue weighted by Gasteiger charge is 2.27. The van der Waals surface area contributed by atoms with Gasteiger partial charge in [-0.05, 0) is 85.3 Å². The quantitative estimate of drug-likeness (QED) is 0.0495. The summed E-state index contributed by atoms with van der Waals surface area (Å²) in [6.45, 7) is 8.25. The summed E-state index contributed by atoms with van der Waals surface area (Å²) in [5, 5.41) is 28.0. The summed E-state index contributed by atoms with van der Waals surface area (Å²) in [5.41, 5.74) is 4.20. The van der Waals surface area contributed by atoms with E-state index in [1.54, 1.807) is 6.07 Å². The van der Waals surface area contributed by atoms with Crippen LogP contribution in [0.25, 0.3) is 11.1 Å². The van der Waals surface area contributed by atoms with Crippen molar-refractivity contribution < 1.29 is 52.2 Å². The molecule has 0 aliphatic heterocycles. The molecule has 1 fully saturated rings. The number of rotatable bonds is 19. The number of carbonyl (C=O) groups is 1. The van der Waals surface area contributed by atoms with Gasteiger partial charge in [0.2, 0.25) is 0 Å². The highest BCUT2D eigenvalue weighted by Crippen LogP contribution is 2.40. The topological polar surface area (TPSA) is 115 Å². The molecule has 3 rings (SSSR count). The number of benzene rings is 2. The SMILES string of the molecule is C=C(CO)C(=O)OCCOc1cc(OCCOC(O)C(=C)CO)cc(-c2ccc(C3CCC(CCCCC(F)(F)F)CC3)cc2C)c1. The van der Waals surface area contributed by atoms with Gasteiger partial charge in [0, 0.05) is 18.1 Å². The molecule has 1 saturated carbocycles. The lowest BCUT2D eigenvalue weighted by Gasteiger charge is -2.29. The first-order valence-corrected chi connectivity index (χ1v) is 16.0. The largest absolute Gasteiger partial charge is 0.491 e. The van der Waals surface area contributed by atoms with E-state index in [1.807, 2.05) is 19.1 Å². The number of aryl methyl sites for hydroxylation is 1. The summed E-state index contributed by atoms with van der Waals surface area (Å²) < 4.78 is 59.4. The molecule has 0 amide bonds. The van der Waals surface area contributed by atoms with E-state index >= 15 is 0 Å². The van der Waals surface area contributed by atoms with Crippen molar-refractivity contribution in [3.63, 3.8) is 0 Å². The number of unbranched alkanes of at least 4 members (excludes halogenated alkanes) is 1. The molecule has 1 atom stereocenters. The third-order valence-corrected chi connectivity index (χ3v) is 8.33. The van der Waals surface area contributed by atoms with Crippen LogP contribution in [0.5, 0.6) is 11.5 Å². The zero-order valence-electron chi connectivity index (χ0n) is 27.0. The van der Waals surface area contributed by atoms with Gasteiger partial charge in [0.1, 0.15) is 31.3 Å². The molecular formula is C36H47F3O8. The third kappa shape index (κ3) is 13.0. The molecule has 0 radical (unpaired) electrons. The zero-order chi connectivity index (χ0) is 34.4. The van der Waals surface area contributed by atoms with Crippen LogP contribution in [-0.2, 0) is 14.3 Å². The summed E-state index contributed by atoms with van der Waals surface area (Å²) in [5.74, 6) is 1.15. The lowest BCUT2D eigenvalue weighted by molar-refractivity contribution is -0.140. The molecular weight excluding hydrogens is 617 g/mol. The Morgan fingerprint density at radius 3 is 2.17 bits per heavy atom. The van der Waals surface area contributed by atoms with Crippen LogP contribution in [0.1, 0.15) is 68.4 Å². The second kappa shape index (κ2) is 18.8. The second-order valence-corrected chi connectivity index (χ2v) is 12.0. The monoisotopic (exact) mass is 664 g/mol. The van der Waals surface area contributed by atoms with Crippen LogP contribution in [0.4, 0.5) is 13.2 Å². The highest BCUT2D eigenvalue weighted by molar-refractivity contribution is 5.87. The highest BCUT2D eigenvalue weighted by atomic mass is 19.4. The Labute approximate surface area is 274 Å². The van der Waals surface area contributed by atoms with E-state index in [0.29, 0.717) is 29.8 Å². The minimum absolute atomic E-state index is 0.0365. The van der Waals surface area contributed by atoms with Crippen molar-refractivity contribution in [2.75, 3.05) is 39.6 Å². The van der Waals surface area contributed by atoms with Crippen LogP contribution in [0, 0.1) is 12.8 Å². The Morgan fingerprint density at radius 2 is 1.57 bits per heavy atom. The van der Waals surface area contributed by atoms with Gasteiger partial charge in [0.25, 0.3) is 0 Å². The molecule has 0 heterocycles. The van der Waals surface area contributed by atoms with E-state index in [2.05, 4.69) is 31.4 Å². The fourth-order valence-electron chi connectivity index (χ4n) is 5.68. The number of hydrogen-bond acceptors (Lipinski definition) is 8. The predicted molar refractivity (Wildman–Crippen MR) is 172 cm³/mol. The van der Waals surface area contributed by atoms with Gasteiger partial charge in [-0.1, -0.05) is 44.2 Å². The Balaban J connectivity index is 1.66. The normalized spacial score (nSPS) is 17.2. The van der Waals surface area contributed by atoms with Crippen molar-refractivity contribution in [2.24, 2.45) is 5.92 Å². The number of halogens is 3. The molecule has 8 nitrogen and oxygen atoms in total. The standard InChI is InChI=1S/C36H47F3O8/c1-24-18-29(28-9-7-27(8-10-28)6-4-5-13-36(37,38)39)11-12-33(24)30-19-31(44-14-16-46-34(42)25(2)22-40)21-32(20-30)45-15-17-47-35(43)26(3)23-41/h11-12,18-21,27-28,34,40-42H,2-10,13-17,22-23H2,1H3. The van der Waals surface area contributed by atoms with Crippen molar-refractivity contribution in [3.05, 3.63) is 71.8 Å². The Morgan fingerprint density at radius 1 is 0.915 bits per heavy atom. The first kappa shape index (κ1) is 38.1. The summed E-state index contributed by atoms with van der Waals surface area (Å²) >= 11 is 0. The third-order valence-electron chi connectivity index (χ3n) is 8.33. The van der Waals surface area contributed by atoms with Crippen molar-refractivity contribution in [3.8, 4) is 22.6 Å². The number of alkyl halides is 3. The zero-order valence-corrected chi connectivity index (χ0v) is 27.0. The van der Waals surface area contributed by atoms with Gasteiger partial charge in [-0.3, -0.25) is 0 Å². The average molecular weight is 665 g/mol. The maximum Gasteiger partial charge on any atom is 0.389 e. The molecule has 0 aromatic heterocycles. The molecule has 47 heavy (non-hydrogen) atoms. The van der Waals surface area contributed by atoms with E-state index in [1.165, 1.54) is 5.56 Å². The average Bonchev–Trinajstić information content (AvgIpc) is 3.05. The lowest BCUT2D eigenvalue weighted by atomic mass is 9.76. The van der Waals surface area contributed by atoms with Gasteiger partial charge in [0.15, 0.2) is 6.29 Å². The maximum absolute atomic E-state index is 12.5. The van der Waals surface area contributed by atoms with Gasteiger partial charge in [-0.2, -0.15) is 13.2 Å². The van der Waals surface area contributed by atoms with Crippen molar-refractivity contribution in [2.45, 2.75) is 76.7 Å². The Hall–Kier alpha value is -3.38. The van der Waals surface area contributed by atoms with Crippen LogP contribution >= 0.6 is 0 Å². The van der Waals surface area contributed by atoms with E-state index in [9.17, 15) is 23.1 Å². The molecule has 0 bridgehead atoms. The summed E-state index contributed by atoms with van der Waals surface area (Å²) in [6.07, 6.45) is -0.321. The number of hydrogen-bond donors (Lipinski definition) is 3. The first-order chi connectivity index (χ1) is 22.4. The molecule has 260 valence electrons. The second-order valence-electron chi connectivity index (χ2n) is 12.0. The van der Waals surface area contributed by atoms with Crippen molar-refractivity contribution in [1.82, 2.24) is 0 Å². The van der Waals surface area contributed by atoms with Gasteiger partial charge < -0.3 is 34.3 Å². The molecule has 2 aromatic rings. The van der Waals surface area contributed by atoms with E-state index in [4.69, 9.17) is 29.2 Å². The molecule has 2 aromatic carbocycles.